The molecule has 0 radical (unpaired) electrons. The van der Waals surface area contributed by atoms with Crippen LogP contribution in [0.25, 0.3) is 10.6 Å². The highest BCUT2D eigenvalue weighted by molar-refractivity contribution is 7.18. The fourth-order valence-electron chi connectivity index (χ4n) is 1.90. The number of rotatable bonds is 4. The van der Waals surface area contributed by atoms with E-state index in [-0.39, 0.29) is 30.8 Å². The minimum absolute atomic E-state index is 0. The highest BCUT2D eigenvalue weighted by atomic mass is 35.5. The van der Waals surface area contributed by atoms with E-state index in [4.69, 9.17) is 5.73 Å². The number of hydrogen-bond acceptors (Lipinski definition) is 5. The molecule has 21 heavy (non-hydrogen) atoms. The Labute approximate surface area is 134 Å². The van der Waals surface area contributed by atoms with Gasteiger partial charge >= 0.3 is 0 Å². The number of anilines is 1. The molecule has 0 aliphatic heterocycles. The molecular formula is C14H19ClN4OS. The van der Waals surface area contributed by atoms with Gasteiger partial charge in [-0.05, 0) is 26.3 Å². The number of carbonyl (C=O) groups is 1. The molecule has 2 aromatic rings. The Kier molecular flexibility index (Phi) is 6.26. The first-order valence-electron chi connectivity index (χ1n) is 6.42. The number of benzene rings is 1. The third-order valence-corrected chi connectivity index (χ3v) is 3.66. The molecule has 0 bridgehead atoms. The number of hydrogen-bond donors (Lipinski definition) is 2. The van der Waals surface area contributed by atoms with Crippen molar-refractivity contribution in [2.24, 2.45) is 5.73 Å². The number of aryl methyl sites for hydroxylation is 2. The SMILES string of the molecule is Cc1ccc(-c2nnc(NC(=O)CC(C)N)s2)c(C)c1.Cl. The van der Waals surface area contributed by atoms with Gasteiger partial charge in [0.25, 0.3) is 0 Å². The minimum atomic E-state index is -0.165. The summed E-state index contributed by atoms with van der Waals surface area (Å²) in [6, 6.07) is 6.00. The van der Waals surface area contributed by atoms with Gasteiger partial charge in [-0.25, -0.2) is 0 Å². The lowest BCUT2D eigenvalue weighted by molar-refractivity contribution is -0.116. The molecule has 0 spiro atoms. The van der Waals surface area contributed by atoms with Gasteiger partial charge in [-0.1, -0.05) is 35.1 Å². The van der Waals surface area contributed by atoms with Gasteiger partial charge in [0.1, 0.15) is 5.01 Å². The van der Waals surface area contributed by atoms with E-state index in [1.807, 2.05) is 19.1 Å². The number of nitrogens with zero attached hydrogens (tertiary/aromatic N) is 2. The lowest BCUT2D eigenvalue weighted by atomic mass is 10.1. The second-order valence-corrected chi connectivity index (χ2v) is 5.94. The van der Waals surface area contributed by atoms with Gasteiger partial charge in [0.15, 0.2) is 0 Å². The first kappa shape index (κ1) is 17.6. The zero-order chi connectivity index (χ0) is 14.7. The monoisotopic (exact) mass is 326 g/mol. The van der Waals surface area contributed by atoms with E-state index in [1.165, 1.54) is 16.9 Å². The van der Waals surface area contributed by atoms with Crippen LogP contribution in [0.4, 0.5) is 5.13 Å². The van der Waals surface area contributed by atoms with Gasteiger partial charge in [-0.2, -0.15) is 0 Å². The maximum Gasteiger partial charge on any atom is 0.227 e. The smallest absolute Gasteiger partial charge is 0.227 e. The van der Waals surface area contributed by atoms with Gasteiger partial charge in [0.05, 0.1) is 0 Å². The summed E-state index contributed by atoms with van der Waals surface area (Å²) in [4.78, 5) is 11.6. The average Bonchev–Trinajstić information content (AvgIpc) is 2.75. The van der Waals surface area contributed by atoms with E-state index in [1.54, 1.807) is 6.92 Å². The van der Waals surface area contributed by atoms with Crippen LogP contribution in [0.5, 0.6) is 0 Å². The third-order valence-electron chi connectivity index (χ3n) is 2.79. The summed E-state index contributed by atoms with van der Waals surface area (Å²) < 4.78 is 0. The normalized spacial score (nSPS) is 11.6. The lowest BCUT2D eigenvalue weighted by Crippen LogP contribution is -2.23. The highest BCUT2D eigenvalue weighted by Crippen LogP contribution is 2.29. The summed E-state index contributed by atoms with van der Waals surface area (Å²) in [7, 11) is 0. The maximum absolute atomic E-state index is 11.6. The van der Waals surface area contributed by atoms with Crippen molar-refractivity contribution in [3.8, 4) is 10.6 Å². The van der Waals surface area contributed by atoms with Gasteiger partial charge in [0, 0.05) is 18.0 Å². The van der Waals surface area contributed by atoms with Crippen LogP contribution >= 0.6 is 23.7 Å². The fraction of sp³-hybridized carbons (Fsp3) is 0.357. The molecule has 3 N–H and O–H groups in total. The first-order valence-corrected chi connectivity index (χ1v) is 7.24. The van der Waals surface area contributed by atoms with E-state index in [0.29, 0.717) is 5.13 Å². The number of aromatic nitrogens is 2. The Morgan fingerprint density at radius 1 is 1.38 bits per heavy atom. The van der Waals surface area contributed by atoms with Crippen molar-refractivity contribution >= 4 is 34.8 Å². The molecule has 0 saturated heterocycles. The Bertz CT molecular complexity index is 627. The van der Waals surface area contributed by atoms with Crippen LogP contribution in [-0.4, -0.2) is 22.1 Å². The van der Waals surface area contributed by atoms with Crippen LogP contribution in [0.3, 0.4) is 0 Å². The second kappa shape index (κ2) is 7.49. The number of carbonyl (C=O) groups excluding carboxylic acids is 1. The van der Waals surface area contributed by atoms with E-state index >= 15 is 0 Å². The zero-order valence-corrected chi connectivity index (χ0v) is 13.8. The van der Waals surface area contributed by atoms with Crippen LogP contribution in [0, 0.1) is 13.8 Å². The second-order valence-electron chi connectivity index (χ2n) is 4.96. The Morgan fingerprint density at radius 2 is 2.10 bits per heavy atom. The van der Waals surface area contributed by atoms with Crippen molar-refractivity contribution in [1.82, 2.24) is 10.2 Å². The van der Waals surface area contributed by atoms with Crippen molar-refractivity contribution in [3.05, 3.63) is 29.3 Å². The summed E-state index contributed by atoms with van der Waals surface area (Å²) in [5, 5.41) is 12.2. The Hall–Kier alpha value is -1.50. The van der Waals surface area contributed by atoms with Crippen molar-refractivity contribution < 1.29 is 4.79 Å². The molecule has 7 heteroatoms. The van der Waals surface area contributed by atoms with Crippen molar-refractivity contribution in [3.63, 3.8) is 0 Å². The average molecular weight is 327 g/mol. The van der Waals surface area contributed by atoms with Crippen LogP contribution in [-0.2, 0) is 4.79 Å². The van der Waals surface area contributed by atoms with Crippen LogP contribution < -0.4 is 11.1 Å². The molecule has 0 aliphatic carbocycles. The van der Waals surface area contributed by atoms with E-state index < -0.39 is 0 Å². The molecule has 1 amide bonds. The van der Waals surface area contributed by atoms with Crippen molar-refractivity contribution in [2.45, 2.75) is 33.2 Å². The maximum atomic E-state index is 11.6. The topological polar surface area (TPSA) is 80.9 Å². The fourth-order valence-corrected chi connectivity index (χ4v) is 2.75. The molecule has 0 aliphatic rings. The summed E-state index contributed by atoms with van der Waals surface area (Å²) in [6.45, 7) is 5.88. The molecule has 1 aromatic heterocycles. The molecular weight excluding hydrogens is 308 g/mol. The largest absolute Gasteiger partial charge is 0.327 e. The van der Waals surface area contributed by atoms with Crippen molar-refractivity contribution in [2.75, 3.05) is 5.32 Å². The summed E-state index contributed by atoms with van der Waals surface area (Å²) in [5.74, 6) is -0.136. The Balaban J connectivity index is 0.00000220. The molecule has 1 atom stereocenters. The minimum Gasteiger partial charge on any atom is -0.327 e. The van der Waals surface area contributed by atoms with E-state index in [0.717, 1.165) is 16.1 Å². The predicted octanol–water partition coefficient (Wildman–Crippen LogP) is 2.92. The molecule has 1 aromatic carbocycles. The summed E-state index contributed by atoms with van der Waals surface area (Å²) >= 11 is 1.37. The van der Waals surface area contributed by atoms with Crippen LogP contribution in [0.15, 0.2) is 18.2 Å². The molecule has 5 nitrogen and oxygen atoms in total. The lowest BCUT2D eigenvalue weighted by Gasteiger charge is -2.03. The highest BCUT2D eigenvalue weighted by Gasteiger charge is 2.12. The van der Waals surface area contributed by atoms with E-state index in [2.05, 4.69) is 28.5 Å². The molecule has 1 heterocycles. The van der Waals surface area contributed by atoms with Gasteiger partial charge in [0.2, 0.25) is 11.0 Å². The quantitative estimate of drug-likeness (QED) is 0.905. The standard InChI is InChI=1S/C14H18N4OS.ClH/c1-8-4-5-11(9(2)6-8)13-17-18-14(20-13)16-12(19)7-10(3)15;/h4-6,10H,7,15H2,1-3H3,(H,16,18,19);1H. The zero-order valence-electron chi connectivity index (χ0n) is 12.2. The van der Waals surface area contributed by atoms with Gasteiger partial charge in [-0.15, -0.1) is 22.6 Å². The Morgan fingerprint density at radius 3 is 2.71 bits per heavy atom. The van der Waals surface area contributed by atoms with Crippen molar-refractivity contribution in [1.29, 1.82) is 0 Å². The number of amides is 1. The molecule has 2 rings (SSSR count). The summed E-state index contributed by atoms with van der Waals surface area (Å²) in [5.41, 5.74) is 8.98. The van der Waals surface area contributed by atoms with Crippen LogP contribution in [0.2, 0.25) is 0 Å². The number of nitrogens with one attached hydrogen (secondary N) is 1. The summed E-state index contributed by atoms with van der Waals surface area (Å²) in [6.07, 6.45) is 0.276. The van der Waals surface area contributed by atoms with E-state index in [9.17, 15) is 4.79 Å². The predicted molar refractivity (Wildman–Crippen MR) is 89.0 cm³/mol. The molecule has 0 fully saturated rings. The molecule has 114 valence electrons. The first-order chi connectivity index (χ1) is 9.45. The number of nitrogens with two attached hydrogens (primary N) is 1. The molecule has 1 unspecified atom stereocenters. The van der Waals surface area contributed by atoms with Crippen LogP contribution in [0.1, 0.15) is 24.5 Å². The molecule has 0 saturated carbocycles. The van der Waals surface area contributed by atoms with Gasteiger partial charge < -0.3 is 11.1 Å². The third kappa shape index (κ3) is 4.77. The van der Waals surface area contributed by atoms with Gasteiger partial charge in [-0.3, -0.25) is 4.79 Å². The number of halogens is 1.